The van der Waals surface area contributed by atoms with Crippen LogP contribution in [0.1, 0.15) is 72.1 Å². The highest BCUT2D eigenvalue weighted by atomic mass is 14.9. The zero-order chi connectivity index (χ0) is 11.8. The number of nitrogens with one attached hydrogen (secondary N) is 1. The summed E-state index contributed by atoms with van der Waals surface area (Å²) in [5, 5.41) is 3.64. The molecule has 0 spiro atoms. The van der Waals surface area contributed by atoms with Crippen molar-refractivity contribution in [3.63, 3.8) is 0 Å². The van der Waals surface area contributed by atoms with Gasteiger partial charge in [0.2, 0.25) is 0 Å². The number of rotatable bonds is 7. The lowest BCUT2D eigenvalue weighted by Gasteiger charge is -2.32. The first-order chi connectivity index (χ1) is 7.74. The highest BCUT2D eigenvalue weighted by Crippen LogP contribution is 2.33. The summed E-state index contributed by atoms with van der Waals surface area (Å²) in [6.45, 7) is 8.08. The Bertz CT molecular complexity index is 165. The summed E-state index contributed by atoms with van der Waals surface area (Å²) in [4.78, 5) is 0. The van der Waals surface area contributed by atoms with Crippen LogP contribution >= 0.6 is 0 Å². The third-order valence-electron chi connectivity index (χ3n) is 4.03. The van der Waals surface area contributed by atoms with Crippen molar-refractivity contribution in [2.75, 3.05) is 6.54 Å². The van der Waals surface area contributed by atoms with Crippen LogP contribution in [0.5, 0.6) is 0 Å². The molecule has 0 heterocycles. The van der Waals surface area contributed by atoms with Crippen LogP contribution in [0, 0.1) is 11.8 Å². The molecule has 0 saturated heterocycles. The fraction of sp³-hybridized carbons (Fsp3) is 1.00. The van der Waals surface area contributed by atoms with Gasteiger partial charge >= 0.3 is 0 Å². The van der Waals surface area contributed by atoms with Gasteiger partial charge in [-0.05, 0) is 24.8 Å². The van der Waals surface area contributed by atoms with E-state index in [1.165, 1.54) is 57.9 Å². The Morgan fingerprint density at radius 2 is 1.75 bits per heavy atom. The quantitative estimate of drug-likeness (QED) is 0.634. The maximum Gasteiger partial charge on any atom is 0.00104 e. The zero-order valence-corrected chi connectivity index (χ0v) is 11.6. The Kier molecular flexibility index (Phi) is 7.11. The van der Waals surface area contributed by atoms with Crippen molar-refractivity contribution in [1.82, 2.24) is 5.32 Å². The van der Waals surface area contributed by atoms with Crippen LogP contribution < -0.4 is 5.32 Å². The third kappa shape index (κ3) is 5.34. The first-order valence-corrected chi connectivity index (χ1v) is 7.47. The van der Waals surface area contributed by atoms with Crippen molar-refractivity contribution in [3.05, 3.63) is 0 Å². The summed E-state index contributed by atoms with van der Waals surface area (Å²) in [5.41, 5.74) is 0. The molecule has 2 atom stereocenters. The molecule has 1 nitrogen and oxygen atoms in total. The Morgan fingerprint density at radius 1 is 1.06 bits per heavy atom. The topological polar surface area (TPSA) is 12.0 Å². The molecule has 0 aliphatic heterocycles. The van der Waals surface area contributed by atoms with Crippen LogP contribution in [-0.4, -0.2) is 12.6 Å². The number of hydrogen-bond donors (Lipinski definition) is 1. The summed E-state index contributed by atoms with van der Waals surface area (Å²) in [5.74, 6) is 1.99. The third-order valence-corrected chi connectivity index (χ3v) is 4.03. The summed E-state index contributed by atoms with van der Waals surface area (Å²) in [6, 6.07) is 0.651. The van der Waals surface area contributed by atoms with E-state index in [1.54, 1.807) is 0 Å². The van der Waals surface area contributed by atoms with Crippen molar-refractivity contribution in [2.24, 2.45) is 11.8 Å². The molecular formula is C15H31N. The van der Waals surface area contributed by atoms with E-state index in [9.17, 15) is 0 Å². The van der Waals surface area contributed by atoms with Gasteiger partial charge in [-0.2, -0.15) is 0 Å². The predicted octanol–water partition coefficient (Wildman–Crippen LogP) is 4.37. The molecule has 2 unspecified atom stereocenters. The molecule has 16 heavy (non-hydrogen) atoms. The molecule has 0 aromatic heterocycles. The highest BCUT2D eigenvalue weighted by Gasteiger charge is 2.24. The molecule has 1 heteroatoms. The molecule has 0 aromatic carbocycles. The van der Waals surface area contributed by atoms with E-state index in [2.05, 4.69) is 26.1 Å². The molecule has 1 aliphatic rings. The first-order valence-electron chi connectivity index (χ1n) is 7.47. The summed E-state index contributed by atoms with van der Waals surface area (Å²) in [6.07, 6.45) is 11.6. The number of unbranched alkanes of at least 4 members (excludes halogenated alkanes) is 2. The molecule has 1 aliphatic carbocycles. The van der Waals surface area contributed by atoms with Crippen LogP contribution in [-0.2, 0) is 0 Å². The second-order valence-electron chi connectivity index (χ2n) is 5.86. The predicted molar refractivity (Wildman–Crippen MR) is 72.7 cm³/mol. The van der Waals surface area contributed by atoms with Crippen molar-refractivity contribution in [1.29, 1.82) is 0 Å². The van der Waals surface area contributed by atoms with Gasteiger partial charge in [0.15, 0.2) is 0 Å². The summed E-state index contributed by atoms with van der Waals surface area (Å²) >= 11 is 0. The molecule has 96 valence electrons. The molecular weight excluding hydrogens is 194 g/mol. The van der Waals surface area contributed by atoms with Gasteiger partial charge < -0.3 is 5.32 Å². The van der Waals surface area contributed by atoms with Gasteiger partial charge in [-0.15, -0.1) is 0 Å². The van der Waals surface area contributed by atoms with Crippen LogP contribution in [0.25, 0.3) is 0 Å². The summed E-state index contributed by atoms with van der Waals surface area (Å²) in [7, 11) is 0. The van der Waals surface area contributed by atoms with E-state index >= 15 is 0 Å². The zero-order valence-electron chi connectivity index (χ0n) is 11.6. The van der Waals surface area contributed by atoms with Crippen LogP contribution in [0.3, 0.4) is 0 Å². The summed E-state index contributed by atoms with van der Waals surface area (Å²) < 4.78 is 0. The Morgan fingerprint density at radius 3 is 2.38 bits per heavy atom. The van der Waals surface area contributed by atoms with Crippen LogP contribution in [0.2, 0.25) is 0 Å². The van der Waals surface area contributed by atoms with Gasteiger partial charge in [0, 0.05) is 6.04 Å². The molecule has 0 radical (unpaired) electrons. The molecule has 0 aromatic rings. The van der Waals surface area contributed by atoms with E-state index in [-0.39, 0.29) is 0 Å². The second kappa shape index (κ2) is 8.11. The molecule has 1 rings (SSSR count). The average molecular weight is 225 g/mol. The largest absolute Gasteiger partial charge is 0.314 e. The monoisotopic (exact) mass is 225 g/mol. The van der Waals surface area contributed by atoms with Crippen LogP contribution in [0.4, 0.5) is 0 Å². The van der Waals surface area contributed by atoms with E-state index in [1.807, 2.05) is 0 Å². The SMILES string of the molecule is CCCCCC1CCCCC1CNC(C)C. The molecule has 1 N–H and O–H groups in total. The second-order valence-corrected chi connectivity index (χ2v) is 5.86. The van der Waals surface area contributed by atoms with Gasteiger partial charge in [-0.1, -0.05) is 65.7 Å². The average Bonchev–Trinajstić information content (AvgIpc) is 2.28. The number of hydrogen-bond acceptors (Lipinski definition) is 1. The smallest absolute Gasteiger partial charge is 0.00104 e. The van der Waals surface area contributed by atoms with Gasteiger partial charge in [-0.3, -0.25) is 0 Å². The standard InChI is InChI=1S/C15H31N/c1-4-5-6-9-14-10-7-8-11-15(14)12-16-13(2)3/h13-16H,4-12H2,1-3H3. The van der Waals surface area contributed by atoms with Crippen molar-refractivity contribution >= 4 is 0 Å². The highest BCUT2D eigenvalue weighted by molar-refractivity contribution is 4.77. The Hall–Kier alpha value is -0.0400. The minimum Gasteiger partial charge on any atom is -0.314 e. The maximum atomic E-state index is 3.64. The fourth-order valence-electron chi connectivity index (χ4n) is 2.98. The van der Waals surface area contributed by atoms with Gasteiger partial charge in [0.25, 0.3) is 0 Å². The lowest BCUT2D eigenvalue weighted by atomic mass is 9.76. The Balaban J connectivity index is 2.26. The molecule has 1 fully saturated rings. The van der Waals surface area contributed by atoms with Gasteiger partial charge in [-0.25, -0.2) is 0 Å². The maximum absolute atomic E-state index is 3.64. The van der Waals surface area contributed by atoms with E-state index < -0.39 is 0 Å². The van der Waals surface area contributed by atoms with Crippen molar-refractivity contribution in [2.45, 2.75) is 78.2 Å². The van der Waals surface area contributed by atoms with E-state index in [0.717, 1.165) is 11.8 Å². The van der Waals surface area contributed by atoms with E-state index in [0.29, 0.717) is 6.04 Å². The minimum atomic E-state index is 0.651. The van der Waals surface area contributed by atoms with Crippen molar-refractivity contribution in [3.8, 4) is 0 Å². The lowest BCUT2D eigenvalue weighted by Crippen LogP contribution is -2.34. The fourth-order valence-corrected chi connectivity index (χ4v) is 2.98. The molecule has 1 saturated carbocycles. The van der Waals surface area contributed by atoms with E-state index in [4.69, 9.17) is 0 Å². The first kappa shape index (κ1) is 14.0. The van der Waals surface area contributed by atoms with Crippen molar-refractivity contribution < 1.29 is 0 Å². The minimum absolute atomic E-state index is 0.651. The van der Waals surface area contributed by atoms with Gasteiger partial charge in [0.1, 0.15) is 0 Å². The molecule has 0 amide bonds. The lowest BCUT2D eigenvalue weighted by molar-refractivity contribution is 0.209. The van der Waals surface area contributed by atoms with Gasteiger partial charge in [0.05, 0.1) is 0 Å². The Labute approximate surface area is 102 Å². The van der Waals surface area contributed by atoms with Crippen LogP contribution in [0.15, 0.2) is 0 Å². The normalized spacial score (nSPS) is 26.2. The molecule has 0 bridgehead atoms.